The molecule has 1 aliphatic rings. The summed E-state index contributed by atoms with van der Waals surface area (Å²) in [5.41, 5.74) is 0. The Hall–Kier alpha value is -0.0400. The Morgan fingerprint density at radius 2 is 1.25 bits per heavy atom. The summed E-state index contributed by atoms with van der Waals surface area (Å²) >= 11 is 0. The van der Waals surface area contributed by atoms with Crippen molar-refractivity contribution in [3.8, 4) is 0 Å². The molecule has 1 fully saturated rings. The fraction of sp³-hybridized carbons (Fsp3) is 1.00. The fourth-order valence-corrected chi connectivity index (χ4v) is 3.55. The van der Waals surface area contributed by atoms with Gasteiger partial charge in [-0.2, -0.15) is 0 Å². The second kappa shape index (κ2) is 12.7. The lowest BCUT2D eigenvalue weighted by Crippen LogP contribution is -2.34. The van der Waals surface area contributed by atoms with Gasteiger partial charge in [0.15, 0.2) is 0 Å². The second-order valence-electron chi connectivity index (χ2n) is 6.90. The molecule has 0 spiro atoms. The molecule has 1 aliphatic heterocycles. The van der Waals surface area contributed by atoms with Gasteiger partial charge in [-0.1, -0.05) is 78.1 Å². The predicted molar refractivity (Wildman–Crippen MR) is 91.3 cm³/mol. The van der Waals surface area contributed by atoms with E-state index in [1.165, 1.54) is 103 Å². The zero-order valence-corrected chi connectivity index (χ0v) is 14.3. The van der Waals surface area contributed by atoms with Crippen LogP contribution in [0.5, 0.6) is 0 Å². The first-order valence-electron chi connectivity index (χ1n) is 9.59. The average Bonchev–Trinajstić information content (AvgIpc) is 2.47. The fourth-order valence-electron chi connectivity index (χ4n) is 3.55. The Morgan fingerprint density at radius 3 is 1.80 bits per heavy atom. The van der Waals surface area contributed by atoms with Crippen molar-refractivity contribution < 1.29 is 0 Å². The van der Waals surface area contributed by atoms with E-state index in [4.69, 9.17) is 0 Å². The number of hydrogen-bond donors (Lipinski definition) is 0. The first-order valence-corrected chi connectivity index (χ1v) is 9.59. The van der Waals surface area contributed by atoms with E-state index < -0.39 is 0 Å². The van der Waals surface area contributed by atoms with E-state index in [-0.39, 0.29) is 0 Å². The van der Waals surface area contributed by atoms with E-state index in [1.54, 1.807) is 0 Å². The summed E-state index contributed by atoms with van der Waals surface area (Å²) < 4.78 is 0. The third-order valence-corrected chi connectivity index (χ3v) is 4.98. The zero-order valence-electron chi connectivity index (χ0n) is 14.3. The van der Waals surface area contributed by atoms with Crippen molar-refractivity contribution in [2.45, 2.75) is 97.3 Å². The van der Waals surface area contributed by atoms with Crippen LogP contribution in [0.25, 0.3) is 0 Å². The molecule has 0 N–H and O–H groups in total. The number of piperidine rings is 1. The standard InChI is InChI=1S/C19H39N/c1-3-5-6-7-8-9-10-11-12-16-20-17-14-19(13-4-2)15-18-20/h19H,3-18H2,1-2H3. The molecular formula is C19H39N. The van der Waals surface area contributed by atoms with Crippen molar-refractivity contribution >= 4 is 0 Å². The highest BCUT2D eigenvalue weighted by Gasteiger charge is 2.17. The lowest BCUT2D eigenvalue weighted by Gasteiger charge is -2.31. The molecule has 0 saturated carbocycles. The molecule has 1 saturated heterocycles. The van der Waals surface area contributed by atoms with Gasteiger partial charge < -0.3 is 4.90 Å². The minimum absolute atomic E-state index is 1.04. The summed E-state index contributed by atoms with van der Waals surface area (Å²) in [5, 5.41) is 0. The first-order chi connectivity index (χ1) is 9.86. The van der Waals surface area contributed by atoms with Gasteiger partial charge in [-0.25, -0.2) is 0 Å². The Bertz CT molecular complexity index is 194. The largest absolute Gasteiger partial charge is 0.303 e. The van der Waals surface area contributed by atoms with E-state index in [0.29, 0.717) is 0 Å². The zero-order chi connectivity index (χ0) is 14.5. The number of hydrogen-bond acceptors (Lipinski definition) is 1. The van der Waals surface area contributed by atoms with Crippen LogP contribution < -0.4 is 0 Å². The van der Waals surface area contributed by atoms with E-state index in [0.717, 1.165) is 5.92 Å². The first kappa shape index (κ1) is 18.0. The Labute approximate surface area is 128 Å². The second-order valence-corrected chi connectivity index (χ2v) is 6.90. The maximum absolute atomic E-state index is 2.72. The molecule has 0 aromatic rings. The van der Waals surface area contributed by atoms with Gasteiger partial charge in [-0.05, 0) is 44.8 Å². The Balaban J connectivity index is 1.83. The highest BCUT2D eigenvalue weighted by atomic mass is 15.1. The lowest BCUT2D eigenvalue weighted by atomic mass is 9.92. The highest BCUT2D eigenvalue weighted by Crippen LogP contribution is 2.22. The molecule has 0 atom stereocenters. The van der Waals surface area contributed by atoms with E-state index in [1.807, 2.05) is 0 Å². The van der Waals surface area contributed by atoms with Crippen molar-refractivity contribution in [1.29, 1.82) is 0 Å². The molecule has 0 radical (unpaired) electrons. The molecule has 120 valence electrons. The van der Waals surface area contributed by atoms with Crippen LogP contribution in [-0.4, -0.2) is 24.5 Å². The summed E-state index contributed by atoms with van der Waals surface area (Å²) in [5.74, 6) is 1.04. The molecule has 0 bridgehead atoms. The van der Waals surface area contributed by atoms with Gasteiger partial charge >= 0.3 is 0 Å². The van der Waals surface area contributed by atoms with Crippen molar-refractivity contribution in [3.05, 3.63) is 0 Å². The van der Waals surface area contributed by atoms with Crippen LogP contribution in [0.1, 0.15) is 97.3 Å². The van der Waals surface area contributed by atoms with Crippen LogP contribution in [0.15, 0.2) is 0 Å². The van der Waals surface area contributed by atoms with Gasteiger partial charge in [-0.15, -0.1) is 0 Å². The molecule has 0 amide bonds. The van der Waals surface area contributed by atoms with E-state index >= 15 is 0 Å². The summed E-state index contributed by atoms with van der Waals surface area (Å²) in [4.78, 5) is 2.72. The van der Waals surface area contributed by atoms with Crippen molar-refractivity contribution in [2.24, 2.45) is 5.92 Å². The van der Waals surface area contributed by atoms with Crippen LogP contribution >= 0.6 is 0 Å². The smallest absolute Gasteiger partial charge is 0.00161 e. The van der Waals surface area contributed by atoms with Gasteiger partial charge in [0.05, 0.1) is 0 Å². The molecule has 0 aromatic heterocycles. The predicted octanol–water partition coefficient (Wildman–Crippen LogP) is 6.03. The quantitative estimate of drug-likeness (QED) is 0.395. The molecule has 0 aliphatic carbocycles. The van der Waals surface area contributed by atoms with E-state index in [2.05, 4.69) is 18.7 Å². The monoisotopic (exact) mass is 281 g/mol. The van der Waals surface area contributed by atoms with Gasteiger partial charge in [0, 0.05) is 0 Å². The van der Waals surface area contributed by atoms with Crippen LogP contribution in [0.4, 0.5) is 0 Å². The van der Waals surface area contributed by atoms with Crippen LogP contribution in [0.2, 0.25) is 0 Å². The van der Waals surface area contributed by atoms with Gasteiger partial charge in [0.25, 0.3) is 0 Å². The van der Waals surface area contributed by atoms with Crippen LogP contribution in [0, 0.1) is 5.92 Å². The summed E-state index contributed by atoms with van der Waals surface area (Å²) in [6.45, 7) is 8.75. The Kier molecular flexibility index (Phi) is 11.4. The molecule has 0 aromatic carbocycles. The summed E-state index contributed by atoms with van der Waals surface area (Å²) in [6.07, 6.45) is 18.8. The van der Waals surface area contributed by atoms with Crippen molar-refractivity contribution in [1.82, 2.24) is 4.90 Å². The molecule has 20 heavy (non-hydrogen) atoms. The highest BCUT2D eigenvalue weighted by molar-refractivity contribution is 4.71. The number of rotatable bonds is 12. The van der Waals surface area contributed by atoms with E-state index in [9.17, 15) is 0 Å². The maximum Gasteiger partial charge on any atom is -0.00161 e. The Morgan fingerprint density at radius 1 is 0.700 bits per heavy atom. The molecular weight excluding hydrogens is 242 g/mol. The van der Waals surface area contributed by atoms with Gasteiger partial charge in [-0.3, -0.25) is 0 Å². The van der Waals surface area contributed by atoms with Gasteiger partial charge in [0.2, 0.25) is 0 Å². The summed E-state index contributed by atoms with van der Waals surface area (Å²) in [7, 11) is 0. The van der Waals surface area contributed by atoms with Crippen molar-refractivity contribution in [2.75, 3.05) is 19.6 Å². The topological polar surface area (TPSA) is 3.24 Å². The molecule has 1 heteroatoms. The number of unbranched alkanes of at least 4 members (excludes halogenated alkanes) is 8. The minimum atomic E-state index is 1.04. The van der Waals surface area contributed by atoms with Crippen LogP contribution in [-0.2, 0) is 0 Å². The molecule has 1 heterocycles. The average molecular weight is 282 g/mol. The molecule has 1 rings (SSSR count). The summed E-state index contributed by atoms with van der Waals surface area (Å²) in [6, 6.07) is 0. The third kappa shape index (κ3) is 9.00. The minimum Gasteiger partial charge on any atom is -0.303 e. The number of likely N-dealkylation sites (tertiary alicyclic amines) is 1. The normalized spacial score (nSPS) is 17.7. The number of nitrogens with zero attached hydrogens (tertiary/aromatic N) is 1. The third-order valence-electron chi connectivity index (χ3n) is 4.98. The molecule has 0 unspecified atom stereocenters. The maximum atomic E-state index is 2.72. The van der Waals surface area contributed by atoms with Crippen molar-refractivity contribution in [3.63, 3.8) is 0 Å². The SMILES string of the molecule is CCCCCCCCCCCN1CCC(CCC)CC1. The lowest BCUT2D eigenvalue weighted by molar-refractivity contribution is 0.175. The molecule has 1 nitrogen and oxygen atoms in total. The van der Waals surface area contributed by atoms with Gasteiger partial charge in [0.1, 0.15) is 0 Å². The van der Waals surface area contributed by atoms with Crippen LogP contribution in [0.3, 0.4) is 0 Å².